The van der Waals surface area contributed by atoms with E-state index in [4.69, 9.17) is 0 Å². The molecule has 2 heteroatoms. The third-order valence-electron chi connectivity index (χ3n) is 5.38. The van der Waals surface area contributed by atoms with Gasteiger partial charge in [-0.2, -0.15) is 0 Å². The molecule has 2 fully saturated rings. The van der Waals surface area contributed by atoms with Gasteiger partial charge in [0.05, 0.1) is 0 Å². The third kappa shape index (κ3) is 2.32. The van der Waals surface area contributed by atoms with E-state index in [0.717, 1.165) is 30.5 Å². The van der Waals surface area contributed by atoms with Crippen LogP contribution >= 0.6 is 0 Å². The molecular weight excluding hydrogens is 232 g/mol. The molecule has 2 aliphatic rings. The van der Waals surface area contributed by atoms with Crippen LogP contribution in [0.1, 0.15) is 36.3 Å². The number of fused-ring (bicyclic) bond motifs is 2. The smallest absolute Gasteiger partial charge is 0.0142 e. The SMILES string of the molecule is CNCC1C2CC[C@H](C[C@@H]1c1ccc(C)cc1)N2C. The summed E-state index contributed by atoms with van der Waals surface area (Å²) in [6.07, 6.45) is 4.11. The van der Waals surface area contributed by atoms with Gasteiger partial charge in [-0.05, 0) is 64.2 Å². The Hall–Kier alpha value is -0.860. The number of benzene rings is 1. The Morgan fingerprint density at radius 3 is 2.63 bits per heavy atom. The van der Waals surface area contributed by atoms with Crippen molar-refractivity contribution < 1.29 is 0 Å². The Morgan fingerprint density at radius 2 is 1.95 bits per heavy atom. The van der Waals surface area contributed by atoms with Gasteiger partial charge in [0.15, 0.2) is 0 Å². The van der Waals surface area contributed by atoms with Crippen LogP contribution < -0.4 is 5.32 Å². The fourth-order valence-corrected chi connectivity index (χ4v) is 4.29. The molecule has 2 heterocycles. The zero-order valence-corrected chi connectivity index (χ0v) is 12.4. The molecule has 0 radical (unpaired) electrons. The van der Waals surface area contributed by atoms with Crippen LogP contribution in [0.4, 0.5) is 0 Å². The molecule has 19 heavy (non-hydrogen) atoms. The van der Waals surface area contributed by atoms with Crippen LogP contribution in [0.15, 0.2) is 24.3 Å². The van der Waals surface area contributed by atoms with Gasteiger partial charge in [0.2, 0.25) is 0 Å². The first-order valence-corrected chi connectivity index (χ1v) is 7.64. The van der Waals surface area contributed by atoms with Crippen molar-refractivity contribution in [3.05, 3.63) is 35.4 Å². The van der Waals surface area contributed by atoms with E-state index in [0.29, 0.717) is 0 Å². The lowest BCUT2D eigenvalue weighted by atomic mass is 9.76. The van der Waals surface area contributed by atoms with Crippen molar-refractivity contribution >= 4 is 0 Å². The standard InChI is InChI=1S/C17H26N2/c1-12-4-6-13(7-5-12)15-10-14-8-9-17(19(14)3)16(15)11-18-2/h4-7,14-18H,8-11H2,1-3H3/t14-,15-,16?,17?/m1/s1. The van der Waals surface area contributed by atoms with Gasteiger partial charge in [0, 0.05) is 12.1 Å². The zero-order valence-electron chi connectivity index (χ0n) is 12.4. The van der Waals surface area contributed by atoms with Crippen molar-refractivity contribution in [3.8, 4) is 0 Å². The molecule has 0 saturated carbocycles. The monoisotopic (exact) mass is 258 g/mol. The van der Waals surface area contributed by atoms with Gasteiger partial charge in [0.1, 0.15) is 0 Å². The molecule has 104 valence electrons. The molecule has 4 atom stereocenters. The molecular formula is C17H26N2. The van der Waals surface area contributed by atoms with Crippen molar-refractivity contribution in [2.75, 3.05) is 20.6 Å². The van der Waals surface area contributed by atoms with Gasteiger partial charge in [0.25, 0.3) is 0 Å². The number of rotatable bonds is 3. The van der Waals surface area contributed by atoms with Crippen LogP contribution in [0.25, 0.3) is 0 Å². The van der Waals surface area contributed by atoms with Crippen LogP contribution in [0.2, 0.25) is 0 Å². The summed E-state index contributed by atoms with van der Waals surface area (Å²) in [5.74, 6) is 1.50. The topological polar surface area (TPSA) is 15.3 Å². The normalized spacial score (nSPS) is 34.7. The minimum absolute atomic E-state index is 0.738. The number of aryl methyl sites for hydroxylation is 1. The van der Waals surface area contributed by atoms with Gasteiger partial charge >= 0.3 is 0 Å². The summed E-state index contributed by atoms with van der Waals surface area (Å²) in [5.41, 5.74) is 2.92. The van der Waals surface area contributed by atoms with E-state index in [1.54, 1.807) is 5.56 Å². The van der Waals surface area contributed by atoms with E-state index >= 15 is 0 Å². The van der Waals surface area contributed by atoms with Crippen LogP contribution in [-0.4, -0.2) is 37.6 Å². The Balaban J connectivity index is 1.88. The molecule has 2 bridgehead atoms. The second kappa shape index (κ2) is 5.26. The van der Waals surface area contributed by atoms with Crippen LogP contribution in [0.3, 0.4) is 0 Å². The van der Waals surface area contributed by atoms with Crippen molar-refractivity contribution in [3.63, 3.8) is 0 Å². The average Bonchev–Trinajstić information content (AvgIpc) is 2.65. The van der Waals surface area contributed by atoms with E-state index in [-0.39, 0.29) is 0 Å². The second-order valence-corrected chi connectivity index (χ2v) is 6.44. The highest BCUT2D eigenvalue weighted by Crippen LogP contribution is 2.45. The van der Waals surface area contributed by atoms with Crippen molar-refractivity contribution in [2.24, 2.45) is 5.92 Å². The van der Waals surface area contributed by atoms with E-state index < -0.39 is 0 Å². The summed E-state index contributed by atoms with van der Waals surface area (Å²) in [7, 11) is 4.42. The van der Waals surface area contributed by atoms with Gasteiger partial charge < -0.3 is 10.2 Å². The maximum atomic E-state index is 3.43. The predicted molar refractivity (Wildman–Crippen MR) is 80.5 cm³/mol. The molecule has 0 spiro atoms. The lowest BCUT2D eigenvalue weighted by molar-refractivity contribution is 0.100. The number of hydrogen-bond donors (Lipinski definition) is 1. The van der Waals surface area contributed by atoms with Crippen molar-refractivity contribution in [1.82, 2.24) is 10.2 Å². The lowest BCUT2D eigenvalue weighted by Crippen LogP contribution is -2.48. The van der Waals surface area contributed by atoms with Crippen LogP contribution in [0, 0.1) is 12.8 Å². The highest BCUT2D eigenvalue weighted by molar-refractivity contribution is 5.27. The molecule has 2 aliphatic heterocycles. The maximum absolute atomic E-state index is 3.43. The minimum Gasteiger partial charge on any atom is -0.319 e. The molecule has 0 aromatic heterocycles. The van der Waals surface area contributed by atoms with Crippen molar-refractivity contribution in [1.29, 1.82) is 0 Å². The number of nitrogens with one attached hydrogen (secondary N) is 1. The molecule has 3 rings (SSSR count). The summed E-state index contributed by atoms with van der Waals surface area (Å²) in [4.78, 5) is 2.65. The third-order valence-corrected chi connectivity index (χ3v) is 5.38. The summed E-state index contributed by atoms with van der Waals surface area (Å²) < 4.78 is 0. The Kier molecular flexibility index (Phi) is 3.64. The molecule has 0 amide bonds. The van der Waals surface area contributed by atoms with Gasteiger partial charge in [-0.1, -0.05) is 29.8 Å². The predicted octanol–water partition coefficient (Wildman–Crippen LogP) is 2.78. The molecule has 0 aliphatic carbocycles. The first-order chi connectivity index (χ1) is 9.20. The lowest BCUT2D eigenvalue weighted by Gasteiger charge is -2.43. The van der Waals surface area contributed by atoms with E-state index in [9.17, 15) is 0 Å². The first kappa shape index (κ1) is 13.1. The molecule has 1 aromatic carbocycles. The van der Waals surface area contributed by atoms with Gasteiger partial charge in [-0.25, -0.2) is 0 Å². The van der Waals surface area contributed by atoms with Crippen LogP contribution in [-0.2, 0) is 0 Å². The van der Waals surface area contributed by atoms with E-state index in [1.165, 1.54) is 24.8 Å². The zero-order chi connectivity index (χ0) is 13.4. The molecule has 1 N–H and O–H groups in total. The Labute approximate surface area is 117 Å². The summed E-state index contributed by atoms with van der Waals surface area (Å²) >= 11 is 0. The summed E-state index contributed by atoms with van der Waals surface area (Å²) in [6, 6.07) is 10.8. The van der Waals surface area contributed by atoms with Crippen LogP contribution in [0.5, 0.6) is 0 Å². The Morgan fingerprint density at radius 1 is 1.21 bits per heavy atom. The van der Waals surface area contributed by atoms with Crippen molar-refractivity contribution in [2.45, 2.75) is 44.2 Å². The highest BCUT2D eigenvalue weighted by Gasteiger charge is 2.45. The summed E-state index contributed by atoms with van der Waals surface area (Å²) in [6.45, 7) is 3.31. The van der Waals surface area contributed by atoms with E-state index in [2.05, 4.69) is 55.5 Å². The maximum Gasteiger partial charge on any atom is 0.0142 e. The summed E-state index contributed by atoms with van der Waals surface area (Å²) in [5, 5.41) is 3.43. The number of nitrogens with zero attached hydrogens (tertiary/aromatic N) is 1. The minimum atomic E-state index is 0.738. The van der Waals surface area contributed by atoms with Gasteiger partial charge in [-0.3, -0.25) is 0 Å². The fourth-order valence-electron chi connectivity index (χ4n) is 4.29. The van der Waals surface area contributed by atoms with E-state index in [1.807, 2.05) is 0 Å². The average molecular weight is 258 g/mol. The quantitative estimate of drug-likeness (QED) is 0.897. The largest absolute Gasteiger partial charge is 0.319 e. The molecule has 1 aromatic rings. The molecule has 2 unspecified atom stereocenters. The first-order valence-electron chi connectivity index (χ1n) is 7.64. The number of piperidine rings is 1. The number of hydrogen-bond acceptors (Lipinski definition) is 2. The molecule has 2 saturated heterocycles. The molecule has 2 nitrogen and oxygen atoms in total. The fraction of sp³-hybridized carbons (Fsp3) is 0.647. The van der Waals surface area contributed by atoms with Gasteiger partial charge in [-0.15, -0.1) is 0 Å². The Bertz CT molecular complexity index is 425. The highest BCUT2D eigenvalue weighted by atomic mass is 15.2. The second-order valence-electron chi connectivity index (χ2n) is 6.44.